The second kappa shape index (κ2) is 9.84. The van der Waals surface area contributed by atoms with Gasteiger partial charge in [-0.3, -0.25) is 9.69 Å². The van der Waals surface area contributed by atoms with E-state index >= 15 is 0 Å². The minimum Gasteiger partial charge on any atom is -0.465 e. The highest BCUT2D eigenvalue weighted by molar-refractivity contribution is 7.90. The molecule has 2 amide bonds. The van der Waals surface area contributed by atoms with Crippen LogP contribution in [0.1, 0.15) is 45.6 Å². The molecule has 1 atom stereocenters. The molecule has 1 unspecified atom stereocenters. The minimum atomic E-state index is -3.33. The highest BCUT2D eigenvalue weighted by Crippen LogP contribution is 2.31. The average Bonchev–Trinajstić information content (AvgIpc) is 3.25. The van der Waals surface area contributed by atoms with Crippen LogP contribution in [0.2, 0.25) is 0 Å². The average molecular weight is 509 g/mol. The Bertz CT molecular complexity index is 1290. The summed E-state index contributed by atoms with van der Waals surface area (Å²) in [5.41, 5.74) is -0.509. The van der Waals surface area contributed by atoms with Crippen LogP contribution in [0.4, 0.5) is 16.5 Å². The maximum Gasteiger partial charge on any atom is 0.412 e. The molecule has 2 aromatic rings. The SMILES string of the molecule is Cc1c(N(C(=O)O)C(C)(C)C)ccc2nc(NC(CCS(C)(=O)=O)C(=O)N3CCCC3)oc(=O)c12. The number of amides is 2. The van der Waals surface area contributed by atoms with Gasteiger partial charge in [0.2, 0.25) is 5.91 Å². The van der Waals surface area contributed by atoms with E-state index in [-0.39, 0.29) is 35.0 Å². The summed E-state index contributed by atoms with van der Waals surface area (Å²) in [7, 11) is -3.33. The molecular weight excluding hydrogens is 476 g/mol. The first-order chi connectivity index (χ1) is 16.2. The number of hydrogen-bond acceptors (Lipinski definition) is 8. The molecule has 2 N–H and O–H groups in total. The van der Waals surface area contributed by atoms with Crippen molar-refractivity contribution in [2.75, 3.05) is 35.3 Å². The summed E-state index contributed by atoms with van der Waals surface area (Å²) in [6.07, 6.45) is 1.67. The molecule has 0 aliphatic carbocycles. The van der Waals surface area contributed by atoms with E-state index in [9.17, 15) is 27.9 Å². The summed E-state index contributed by atoms with van der Waals surface area (Å²) in [5, 5.41) is 12.7. The van der Waals surface area contributed by atoms with Crippen LogP contribution >= 0.6 is 0 Å². The first kappa shape index (κ1) is 26.5. The molecule has 1 aromatic heterocycles. The Morgan fingerprint density at radius 3 is 2.43 bits per heavy atom. The van der Waals surface area contributed by atoms with Crippen molar-refractivity contribution in [1.82, 2.24) is 9.88 Å². The van der Waals surface area contributed by atoms with Crippen molar-refractivity contribution < 1.29 is 27.5 Å². The summed E-state index contributed by atoms with van der Waals surface area (Å²) in [5.74, 6) is -0.493. The lowest BCUT2D eigenvalue weighted by molar-refractivity contribution is -0.131. The smallest absolute Gasteiger partial charge is 0.412 e. The first-order valence-electron chi connectivity index (χ1n) is 11.4. The Morgan fingerprint density at radius 2 is 1.89 bits per heavy atom. The van der Waals surface area contributed by atoms with Crippen molar-refractivity contribution >= 4 is 44.4 Å². The number of fused-ring (bicyclic) bond motifs is 1. The van der Waals surface area contributed by atoms with Crippen LogP contribution in [0.25, 0.3) is 10.9 Å². The van der Waals surface area contributed by atoms with E-state index in [1.807, 2.05) is 0 Å². The van der Waals surface area contributed by atoms with Gasteiger partial charge in [-0.05, 0) is 64.7 Å². The molecule has 1 saturated heterocycles. The lowest BCUT2D eigenvalue weighted by Gasteiger charge is -2.34. The number of rotatable bonds is 7. The van der Waals surface area contributed by atoms with E-state index in [1.54, 1.807) is 38.7 Å². The molecule has 0 bridgehead atoms. The predicted molar refractivity (Wildman–Crippen MR) is 133 cm³/mol. The van der Waals surface area contributed by atoms with E-state index in [4.69, 9.17) is 4.42 Å². The van der Waals surface area contributed by atoms with Gasteiger partial charge in [0, 0.05) is 24.9 Å². The second-order valence-corrected chi connectivity index (χ2v) is 12.1. The van der Waals surface area contributed by atoms with Crippen LogP contribution in [-0.4, -0.2) is 72.1 Å². The van der Waals surface area contributed by atoms with Crippen LogP contribution in [-0.2, 0) is 14.6 Å². The third-order valence-electron chi connectivity index (χ3n) is 5.92. The maximum atomic E-state index is 13.0. The highest BCUT2D eigenvalue weighted by Gasteiger charge is 2.31. The normalized spacial score (nSPS) is 15.3. The lowest BCUT2D eigenvalue weighted by Crippen LogP contribution is -2.45. The number of aromatic nitrogens is 1. The molecule has 192 valence electrons. The molecule has 12 heteroatoms. The van der Waals surface area contributed by atoms with Crippen molar-refractivity contribution in [1.29, 1.82) is 0 Å². The van der Waals surface area contributed by atoms with Gasteiger partial charge in [-0.1, -0.05) is 0 Å². The molecule has 1 aromatic carbocycles. The number of aryl methyl sites for hydroxylation is 1. The molecule has 11 nitrogen and oxygen atoms in total. The molecule has 3 rings (SSSR count). The zero-order valence-corrected chi connectivity index (χ0v) is 21.4. The van der Waals surface area contributed by atoms with Crippen LogP contribution in [0.5, 0.6) is 0 Å². The number of sulfone groups is 1. The Kier molecular flexibility index (Phi) is 7.44. The quantitative estimate of drug-likeness (QED) is 0.575. The summed E-state index contributed by atoms with van der Waals surface area (Å²) in [6, 6.07) is 1.96. The van der Waals surface area contributed by atoms with E-state index < -0.39 is 33.1 Å². The van der Waals surface area contributed by atoms with E-state index in [2.05, 4.69) is 10.3 Å². The van der Waals surface area contributed by atoms with Gasteiger partial charge < -0.3 is 19.7 Å². The highest BCUT2D eigenvalue weighted by atomic mass is 32.2. The maximum absolute atomic E-state index is 13.0. The van der Waals surface area contributed by atoms with Crippen LogP contribution in [0, 0.1) is 6.92 Å². The van der Waals surface area contributed by atoms with Gasteiger partial charge in [0.15, 0.2) is 0 Å². The summed E-state index contributed by atoms with van der Waals surface area (Å²) in [6.45, 7) is 8.02. The standard InChI is InChI=1S/C23H32N4O7S/c1-14-17(27(22(30)31)23(2,3)4)9-8-15-18(14)20(29)34-21(24-15)25-16(10-13-35(5,32)33)19(28)26-11-6-7-12-26/h8-9,16H,6-7,10-13H2,1-5H3,(H,24,25)(H,30,31). The van der Waals surface area contributed by atoms with Crippen molar-refractivity contribution in [3.05, 3.63) is 28.1 Å². The number of anilines is 2. The largest absolute Gasteiger partial charge is 0.465 e. The molecule has 1 fully saturated rings. The van der Waals surface area contributed by atoms with Gasteiger partial charge >= 0.3 is 11.7 Å². The van der Waals surface area contributed by atoms with Gasteiger partial charge in [-0.2, -0.15) is 4.98 Å². The molecule has 1 aliphatic heterocycles. The van der Waals surface area contributed by atoms with E-state index in [0.29, 0.717) is 24.3 Å². The Morgan fingerprint density at radius 1 is 1.26 bits per heavy atom. The monoisotopic (exact) mass is 508 g/mol. The molecule has 35 heavy (non-hydrogen) atoms. The number of hydrogen-bond donors (Lipinski definition) is 2. The van der Waals surface area contributed by atoms with Gasteiger partial charge in [-0.25, -0.2) is 18.0 Å². The Hall–Kier alpha value is -3.15. The van der Waals surface area contributed by atoms with Crippen molar-refractivity contribution in [2.45, 2.75) is 58.5 Å². The summed E-state index contributed by atoms with van der Waals surface area (Å²) >= 11 is 0. The first-order valence-corrected chi connectivity index (χ1v) is 13.5. The lowest BCUT2D eigenvalue weighted by atomic mass is 10.0. The second-order valence-electron chi connectivity index (χ2n) is 9.85. The third-order valence-corrected chi connectivity index (χ3v) is 6.90. The number of nitrogens with one attached hydrogen (secondary N) is 1. The Labute approximate surface area is 204 Å². The summed E-state index contributed by atoms with van der Waals surface area (Å²) < 4.78 is 28.8. The molecule has 0 spiro atoms. The molecular formula is C23H32N4O7S. The van der Waals surface area contributed by atoms with Gasteiger partial charge in [0.1, 0.15) is 15.9 Å². The van der Waals surface area contributed by atoms with Gasteiger partial charge in [0.05, 0.1) is 22.3 Å². The minimum absolute atomic E-state index is 0.00524. The Balaban J connectivity index is 1.99. The predicted octanol–water partition coefficient (Wildman–Crippen LogP) is 2.62. The number of carboxylic acid groups (broad SMARTS) is 1. The fourth-order valence-electron chi connectivity index (χ4n) is 4.26. The topological polar surface area (TPSA) is 150 Å². The third kappa shape index (κ3) is 6.11. The zero-order chi connectivity index (χ0) is 26.1. The van der Waals surface area contributed by atoms with E-state index in [0.717, 1.165) is 19.1 Å². The van der Waals surface area contributed by atoms with Crippen LogP contribution in [0.3, 0.4) is 0 Å². The van der Waals surface area contributed by atoms with Gasteiger partial charge in [0.25, 0.3) is 6.01 Å². The number of benzene rings is 1. The zero-order valence-electron chi connectivity index (χ0n) is 20.6. The molecule has 1 aliphatic rings. The van der Waals surface area contributed by atoms with E-state index in [1.165, 1.54) is 11.0 Å². The molecule has 2 heterocycles. The van der Waals surface area contributed by atoms with Crippen molar-refractivity contribution in [2.24, 2.45) is 0 Å². The van der Waals surface area contributed by atoms with Crippen LogP contribution in [0.15, 0.2) is 21.3 Å². The fraction of sp³-hybridized carbons (Fsp3) is 0.565. The molecule has 0 radical (unpaired) electrons. The number of nitrogens with zero attached hydrogens (tertiary/aromatic N) is 3. The van der Waals surface area contributed by atoms with Gasteiger partial charge in [-0.15, -0.1) is 0 Å². The number of likely N-dealkylation sites (tertiary alicyclic amines) is 1. The summed E-state index contributed by atoms with van der Waals surface area (Å²) in [4.78, 5) is 45.0. The van der Waals surface area contributed by atoms with Crippen molar-refractivity contribution in [3.8, 4) is 0 Å². The number of carbonyl (C=O) groups is 2. The molecule has 0 saturated carbocycles. The van der Waals surface area contributed by atoms with Crippen LogP contribution < -0.4 is 15.8 Å². The number of carbonyl (C=O) groups excluding carboxylic acids is 1. The van der Waals surface area contributed by atoms with Crippen molar-refractivity contribution in [3.63, 3.8) is 0 Å². The fourth-order valence-corrected chi connectivity index (χ4v) is 4.92.